The van der Waals surface area contributed by atoms with Crippen LogP contribution < -0.4 is 0 Å². The molecule has 0 fully saturated rings. The standard InChI is InChI=1S/C18H30O4S/c1-11(2)15-8-16(12(3)4)18(17(9-15)13(5)6)23(20,21)22-10-14(7)19/h8-9,11-14,19H,10H2,1-7H3. The normalized spacial score (nSPS) is 14.0. The van der Waals surface area contributed by atoms with Gasteiger partial charge in [-0.25, -0.2) is 0 Å². The van der Waals surface area contributed by atoms with Crippen molar-refractivity contribution in [3.05, 3.63) is 28.8 Å². The third-order valence-electron chi connectivity index (χ3n) is 3.79. The lowest BCUT2D eigenvalue weighted by molar-refractivity contribution is 0.126. The molecule has 1 rings (SSSR count). The Bertz CT molecular complexity index is 599. The predicted octanol–water partition coefficient (Wildman–Crippen LogP) is 4.14. The molecule has 1 aromatic rings. The van der Waals surface area contributed by atoms with Crippen LogP contribution >= 0.6 is 0 Å². The van der Waals surface area contributed by atoms with Crippen molar-refractivity contribution in [2.45, 2.75) is 77.2 Å². The first-order valence-electron chi connectivity index (χ1n) is 8.22. The summed E-state index contributed by atoms with van der Waals surface area (Å²) in [6, 6.07) is 3.94. The van der Waals surface area contributed by atoms with Crippen LogP contribution in [0.1, 0.15) is 82.9 Å². The first-order valence-corrected chi connectivity index (χ1v) is 9.63. The van der Waals surface area contributed by atoms with E-state index in [9.17, 15) is 13.5 Å². The zero-order valence-electron chi connectivity index (χ0n) is 15.3. The second kappa shape index (κ2) is 7.77. The molecule has 0 bridgehead atoms. The summed E-state index contributed by atoms with van der Waals surface area (Å²) in [4.78, 5) is 0.271. The Morgan fingerprint density at radius 2 is 1.35 bits per heavy atom. The molecule has 0 spiro atoms. The van der Waals surface area contributed by atoms with Gasteiger partial charge in [0, 0.05) is 0 Å². The number of hydrogen-bond donors (Lipinski definition) is 1. The lowest BCUT2D eigenvalue weighted by Crippen LogP contribution is -2.19. The third kappa shape index (κ3) is 5.03. The SMILES string of the molecule is CC(O)COS(=O)(=O)c1c(C(C)C)cc(C(C)C)cc1C(C)C. The second-order valence-electron chi connectivity index (χ2n) is 7.08. The quantitative estimate of drug-likeness (QED) is 0.756. The highest BCUT2D eigenvalue weighted by molar-refractivity contribution is 7.86. The maximum absolute atomic E-state index is 12.7. The second-order valence-corrected chi connectivity index (χ2v) is 8.63. The number of rotatable bonds is 7. The topological polar surface area (TPSA) is 63.6 Å². The molecule has 0 radical (unpaired) electrons. The van der Waals surface area contributed by atoms with E-state index in [1.807, 2.05) is 39.8 Å². The van der Waals surface area contributed by atoms with Gasteiger partial charge in [0.05, 0.1) is 12.7 Å². The van der Waals surface area contributed by atoms with Crippen LogP contribution in [0, 0.1) is 0 Å². The minimum Gasteiger partial charge on any atom is -0.391 e. The molecule has 0 aliphatic heterocycles. The molecule has 0 aliphatic rings. The summed E-state index contributed by atoms with van der Waals surface area (Å²) in [5, 5.41) is 9.35. The monoisotopic (exact) mass is 342 g/mol. The van der Waals surface area contributed by atoms with Crippen LogP contribution in [0.25, 0.3) is 0 Å². The van der Waals surface area contributed by atoms with E-state index >= 15 is 0 Å². The summed E-state index contributed by atoms with van der Waals surface area (Å²) in [7, 11) is -3.91. The van der Waals surface area contributed by atoms with Crippen LogP contribution in [0.4, 0.5) is 0 Å². The zero-order chi connectivity index (χ0) is 17.9. The minimum absolute atomic E-state index is 0.0612. The van der Waals surface area contributed by atoms with Crippen molar-refractivity contribution in [3.63, 3.8) is 0 Å². The summed E-state index contributed by atoms with van der Waals surface area (Å²) in [6.45, 7) is 13.4. The highest BCUT2D eigenvalue weighted by atomic mass is 32.2. The van der Waals surface area contributed by atoms with Gasteiger partial charge in [-0.2, -0.15) is 8.42 Å². The zero-order valence-corrected chi connectivity index (χ0v) is 16.1. The molecule has 1 unspecified atom stereocenters. The number of aliphatic hydroxyl groups excluding tert-OH is 1. The van der Waals surface area contributed by atoms with E-state index in [2.05, 4.69) is 13.8 Å². The van der Waals surface area contributed by atoms with Gasteiger partial charge in [0.1, 0.15) is 4.90 Å². The van der Waals surface area contributed by atoms with Crippen molar-refractivity contribution in [2.75, 3.05) is 6.61 Å². The van der Waals surface area contributed by atoms with Crippen molar-refractivity contribution in [3.8, 4) is 0 Å². The molecule has 132 valence electrons. The highest BCUT2D eigenvalue weighted by Gasteiger charge is 2.28. The van der Waals surface area contributed by atoms with Gasteiger partial charge in [-0.3, -0.25) is 4.18 Å². The number of aliphatic hydroxyl groups is 1. The van der Waals surface area contributed by atoms with Gasteiger partial charge < -0.3 is 5.11 Å². The molecule has 0 saturated carbocycles. The Kier molecular flexibility index (Phi) is 6.81. The summed E-state index contributed by atoms with van der Waals surface area (Å²) in [5.41, 5.74) is 2.70. The van der Waals surface area contributed by atoms with Crippen LogP contribution in [0.2, 0.25) is 0 Å². The fourth-order valence-corrected chi connectivity index (χ4v) is 4.09. The largest absolute Gasteiger partial charge is 0.391 e. The fourth-order valence-electron chi connectivity index (χ4n) is 2.43. The van der Waals surface area contributed by atoms with Gasteiger partial charge in [-0.15, -0.1) is 0 Å². The Morgan fingerprint density at radius 1 is 0.913 bits per heavy atom. The average Bonchev–Trinajstić information content (AvgIpc) is 2.43. The molecule has 0 amide bonds. The van der Waals surface area contributed by atoms with Crippen LogP contribution in [-0.2, 0) is 14.3 Å². The summed E-state index contributed by atoms with van der Waals surface area (Å²) in [5.74, 6) is 0.442. The molecule has 23 heavy (non-hydrogen) atoms. The molecule has 4 nitrogen and oxygen atoms in total. The summed E-state index contributed by atoms with van der Waals surface area (Å²) in [6.07, 6.45) is -0.829. The highest BCUT2D eigenvalue weighted by Crippen LogP contribution is 2.35. The Balaban J connectivity index is 3.61. The van der Waals surface area contributed by atoms with E-state index in [0.717, 1.165) is 16.7 Å². The molecular formula is C18H30O4S. The molecule has 0 saturated heterocycles. The van der Waals surface area contributed by atoms with Gasteiger partial charge in [-0.1, -0.05) is 53.7 Å². The fraction of sp³-hybridized carbons (Fsp3) is 0.667. The summed E-state index contributed by atoms with van der Waals surface area (Å²) >= 11 is 0. The first kappa shape index (κ1) is 20.1. The van der Waals surface area contributed by atoms with Crippen molar-refractivity contribution in [2.24, 2.45) is 0 Å². The molecule has 0 aromatic heterocycles. The van der Waals surface area contributed by atoms with E-state index in [4.69, 9.17) is 4.18 Å². The number of hydrogen-bond acceptors (Lipinski definition) is 4. The molecule has 1 N–H and O–H groups in total. The molecule has 1 aromatic carbocycles. The molecule has 5 heteroatoms. The maximum Gasteiger partial charge on any atom is 0.297 e. The van der Waals surface area contributed by atoms with Crippen molar-refractivity contribution >= 4 is 10.1 Å². The van der Waals surface area contributed by atoms with E-state index in [1.54, 1.807) is 0 Å². The van der Waals surface area contributed by atoms with Gasteiger partial charge in [0.2, 0.25) is 0 Å². The molecular weight excluding hydrogens is 312 g/mol. The van der Waals surface area contributed by atoms with Crippen LogP contribution in [0.3, 0.4) is 0 Å². The van der Waals surface area contributed by atoms with Crippen molar-refractivity contribution in [1.29, 1.82) is 0 Å². The molecule has 0 heterocycles. The van der Waals surface area contributed by atoms with Crippen LogP contribution in [-0.4, -0.2) is 26.2 Å². The minimum atomic E-state index is -3.91. The molecule has 0 aliphatic carbocycles. The maximum atomic E-state index is 12.7. The van der Waals surface area contributed by atoms with Crippen molar-refractivity contribution < 1.29 is 17.7 Å². The number of benzene rings is 1. The predicted molar refractivity (Wildman–Crippen MR) is 93.5 cm³/mol. The van der Waals surface area contributed by atoms with Gasteiger partial charge >= 0.3 is 0 Å². The Labute approximate surface area is 141 Å². The smallest absolute Gasteiger partial charge is 0.297 e. The average molecular weight is 343 g/mol. The van der Waals surface area contributed by atoms with Gasteiger partial charge in [-0.05, 0) is 41.4 Å². The lowest BCUT2D eigenvalue weighted by atomic mass is 9.89. The van der Waals surface area contributed by atoms with E-state index < -0.39 is 16.2 Å². The van der Waals surface area contributed by atoms with Crippen LogP contribution in [0.15, 0.2) is 17.0 Å². The Morgan fingerprint density at radius 3 is 1.65 bits per heavy atom. The van der Waals surface area contributed by atoms with Gasteiger partial charge in [0.15, 0.2) is 0 Å². The summed E-state index contributed by atoms with van der Waals surface area (Å²) < 4.78 is 30.6. The van der Waals surface area contributed by atoms with Crippen LogP contribution in [0.5, 0.6) is 0 Å². The van der Waals surface area contributed by atoms with Crippen molar-refractivity contribution in [1.82, 2.24) is 0 Å². The Hall–Kier alpha value is -0.910. The third-order valence-corrected chi connectivity index (χ3v) is 5.21. The van der Waals surface area contributed by atoms with Gasteiger partial charge in [0.25, 0.3) is 10.1 Å². The first-order chi connectivity index (χ1) is 10.5. The molecule has 1 atom stereocenters. The van der Waals surface area contributed by atoms with E-state index in [-0.39, 0.29) is 23.3 Å². The lowest BCUT2D eigenvalue weighted by Gasteiger charge is -2.22. The van der Waals surface area contributed by atoms with E-state index in [1.165, 1.54) is 6.92 Å². The van der Waals surface area contributed by atoms with E-state index in [0.29, 0.717) is 5.92 Å².